The minimum atomic E-state index is -0.303. The maximum atomic E-state index is 11.4. The van der Waals surface area contributed by atoms with Crippen LogP contribution in [-0.2, 0) is 43.1 Å². The monoisotopic (exact) mass is 1200 g/mol. The van der Waals surface area contributed by atoms with E-state index in [2.05, 4.69) is 60.7 Å². The second kappa shape index (κ2) is 54.9. The molecule has 1 rings (SSSR count). The molecule has 0 aromatic rings. The van der Waals surface area contributed by atoms with Crippen LogP contribution in [0.1, 0.15) is 260 Å². The van der Waals surface area contributed by atoms with Gasteiger partial charge in [0.15, 0.2) is 5.78 Å². The lowest BCUT2D eigenvalue weighted by Gasteiger charge is -2.17. The second-order valence-corrected chi connectivity index (χ2v) is 29.4. The number of aliphatic hydroxyl groups is 2. The minimum absolute atomic E-state index is 0.0952. The molecular formula is C70H139NO11S. The van der Waals surface area contributed by atoms with Crippen LogP contribution in [0.2, 0.25) is 0 Å². The van der Waals surface area contributed by atoms with Crippen LogP contribution < -0.4 is 5.32 Å². The molecule has 1 saturated carbocycles. The first-order chi connectivity index (χ1) is 37.7. The molecular weight excluding hydrogens is 1060 g/mol. The fraction of sp³-hybridized carbons (Fsp3) is 0.886. The largest absolute Gasteiger partial charge is 0.396 e. The van der Waals surface area contributed by atoms with Gasteiger partial charge in [0.25, 0.3) is 0 Å². The lowest BCUT2D eigenvalue weighted by molar-refractivity contribution is -0.128. The van der Waals surface area contributed by atoms with E-state index >= 15 is 0 Å². The molecule has 0 aliphatic heterocycles. The summed E-state index contributed by atoms with van der Waals surface area (Å²) in [6, 6.07) is 0.405. The van der Waals surface area contributed by atoms with Gasteiger partial charge in [0.05, 0.1) is 24.5 Å². The normalized spacial score (nSPS) is 14.3. The first kappa shape index (κ1) is 94.2. The van der Waals surface area contributed by atoms with Crippen LogP contribution in [0.25, 0.3) is 0 Å². The molecule has 1 aliphatic carbocycles. The van der Waals surface area contributed by atoms with Crippen LogP contribution >= 0.6 is 11.8 Å². The first-order valence-corrected chi connectivity index (χ1v) is 33.2. The fourth-order valence-corrected chi connectivity index (χ4v) is 7.45. The summed E-state index contributed by atoms with van der Waals surface area (Å²) in [7, 11) is 0. The molecule has 4 atom stereocenters. The van der Waals surface area contributed by atoms with Gasteiger partial charge in [-0.05, 0) is 73.9 Å². The summed E-state index contributed by atoms with van der Waals surface area (Å²) in [6.07, 6.45) is 4.19. The highest BCUT2D eigenvalue weighted by Gasteiger charge is 2.44. The highest BCUT2D eigenvalue weighted by molar-refractivity contribution is 8.00. The SMILES string of the molecule is CC(C)C(=O)C(C)C.CC(C)C(=O)C1CC1C(C)C.CC(C)C(=O)CC(CO)C(C)C.CC(C)CC(=O)C(C)C.CC(C)CC(O)CCC(=O)C(C)C.CC(C)NCC(=O)C(C)C.CC(C)OCC(=O)C(C)C.CC(C)SCC(=O)C(C)C. The van der Waals surface area contributed by atoms with Crippen LogP contribution in [0.5, 0.6) is 0 Å². The standard InChI is InChI=1S/C11H22O2.C10H20O2.C10H18O.C8H17NO.C8H16O2.C8H16OS.C8H16O.C7H14O/c1-8(2)7-10(12)5-6-11(13)9(3)4;1-7(2)9(6-11)5-10(12)8(3)4;1-6(2)8-5-9(8)10(11)7(3)4;1-6(2)8(10)5-9-7(3)4;2*1-6(2)8(9)5-10-7(3)4;1-6(2)5-8(9)7(3)4;1-5(2)7(8)6(3)4/h8-10,12H,5-7H2,1-4H3;7-9,11H,5-6H2,1-4H3;6-9H,5H2,1-4H3;6-7,9H,5H2,1-4H3;2*6-7H,5H2,1-4H3;6-7H,5H2,1-4H3;5-6H,1-4H3. The van der Waals surface area contributed by atoms with Crippen molar-refractivity contribution in [3.05, 3.63) is 0 Å². The molecule has 1 aliphatic rings. The first-order valence-electron chi connectivity index (χ1n) is 32.1. The van der Waals surface area contributed by atoms with Crippen LogP contribution in [0.4, 0.5) is 0 Å². The molecule has 83 heavy (non-hydrogen) atoms. The smallest absolute Gasteiger partial charge is 0.160 e. The topological polar surface area (TPSA) is 198 Å². The average Bonchev–Trinajstić information content (AvgIpc) is 4.16. The Bertz CT molecular complexity index is 1600. The number of ether oxygens (including phenoxy) is 1. The molecule has 1 fully saturated rings. The van der Waals surface area contributed by atoms with Crippen LogP contribution in [0.15, 0.2) is 0 Å². The molecule has 496 valence electrons. The minimum Gasteiger partial charge on any atom is -0.396 e. The summed E-state index contributed by atoms with van der Waals surface area (Å²) in [4.78, 5) is 88.7. The van der Waals surface area contributed by atoms with E-state index in [9.17, 15) is 43.5 Å². The second-order valence-electron chi connectivity index (χ2n) is 27.8. The van der Waals surface area contributed by atoms with Crippen LogP contribution in [0, 0.1) is 94.7 Å². The number of hydrogen-bond donors (Lipinski definition) is 3. The van der Waals surface area contributed by atoms with E-state index in [0.717, 1.165) is 19.3 Å². The van der Waals surface area contributed by atoms with E-state index in [-0.39, 0.29) is 108 Å². The van der Waals surface area contributed by atoms with E-state index in [1.54, 1.807) is 11.8 Å². The lowest BCUT2D eigenvalue weighted by Crippen LogP contribution is -2.31. The Morgan fingerprint density at radius 2 is 0.904 bits per heavy atom. The van der Waals surface area contributed by atoms with Crippen molar-refractivity contribution in [2.45, 2.75) is 284 Å². The molecule has 0 heterocycles. The van der Waals surface area contributed by atoms with Gasteiger partial charge in [-0.1, -0.05) is 208 Å². The predicted molar refractivity (Wildman–Crippen MR) is 356 cm³/mol. The lowest BCUT2D eigenvalue weighted by atomic mass is 9.89. The van der Waals surface area contributed by atoms with Gasteiger partial charge in [-0.15, -0.1) is 0 Å². The quantitative estimate of drug-likeness (QED) is 0.0593. The average molecular weight is 1200 g/mol. The van der Waals surface area contributed by atoms with Crippen molar-refractivity contribution in [2.75, 3.05) is 25.5 Å². The molecule has 0 bridgehead atoms. The zero-order chi connectivity index (χ0) is 67.4. The van der Waals surface area contributed by atoms with Crippen molar-refractivity contribution in [3.63, 3.8) is 0 Å². The summed E-state index contributed by atoms with van der Waals surface area (Å²) >= 11 is 1.72. The third kappa shape index (κ3) is 65.4. The molecule has 4 unspecified atom stereocenters. The van der Waals surface area contributed by atoms with Gasteiger partial charge in [-0.2, -0.15) is 11.8 Å². The van der Waals surface area contributed by atoms with Gasteiger partial charge < -0.3 is 20.3 Å². The Kier molecular flexibility index (Phi) is 62.3. The fourth-order valence-electron chi connectivity index (χ4n) is 6.62. The summed E-state index contributed by atoms with van der Waals surface area (Å²) in [6.45, 7) is 64.5. The van der Waals surface area contributed by atoms with Crippen LogP contribution in [-0.4, -0.2) is 105 Å². The van der Waals surface area contributed by atoms with Crippen molar-refractivity contribution < 1.29 is 53.3 Å². The van der Waals surface area contributed by atoms with Crippen molar-refractivity contribution in [3.8, 4) is 0 Å². The van der Waals surface area contributed by atoms with Crippen molar-refractivity contribution in [1.82, 2.24) is 5.32 Å². The maximum absolute atomic E-state index is 11.4. The third-order valence-corrected chi connectivity index (χ3v) is 14.3. The van der Waals surface area contributed by atoms with Gasteiger partial charge in [0.2, 0.25) is 0 Å². The van der Waals surface area contributed by atoms with Gasteiger partial charge in [-0.3, -0.25) is 38.4 Å². The Balaban J connectivity index is -0.000000160. The molecule has 3 N–H and O–H groups in total. The zero-order valence-electron chi connectivity index (χ0n) is 60.1. The number of ketones is 8. The number of rotatable bonds is 31. The number of Topliss-reactive ketones (excluding diaryl/α,β-unsaturated/α-hetero) is 8. The Morgan fingerprint density at radius 3 is 1.16 bits per heavy atom. The molecule has 0 amide bonds. The van der Waals surface area contributed by atoms with Crippen LogP contribution in [0.3, 0.4) is 0 Å². The highest BCUT2D eigenvalue weighted by atomic mass is 32.2. The Labute approximate surface area is 518 Å². The van der Waals surface area contributed by atoms with Gasteiger partial charge in [0.1, 0.15) is 47.1 Å². The van der Waals surface area contributed by atoms with Crippen molar-refractivity contribution in [2.24, 2.45) is 94.7 Å². The summed E-state index contributed by atoms with van der Waals surface area (Å²) in [5.74, 6) is 8.08. The summed E-state index contributed by atoms with van der Waals surface area (Å²) < 4.78 is 5.12. The molecule has 0 spiro atoms. The number of hydrogen-bond acceptors (Lipinski definition) is 13. The number of carbonyl (C=O) groups is 8. The van der Waals surface area contributed by atoms with E-state index in [1.807, 2.05) is 166 Å². The van der Waals surface area contributed by atoms with Gasteiger partial charge in [0, 0.05) is 91.1 Å². The molecule has 0 aromatic carbocycles. The molecule has 13 heteroatoms. The van der Waals surface area contributed by atoms with Crippen molar-refractivity contribution >= 4 is 58.0 Å². The number of nitrogens with one attached hydrogen (secondary N) is 1. The third-order valence-electron chi connectivity index (χ3n) is 13.2. The maximum Gasteiger partial charge on any atom is 0.160 e. The number of carbonyl (C=O) groups excluding carboxylic acids is 8. The summed E-state index contributed by atoms with van der Waals surface area (Å²) in [5, 5.41) is 22.1. The predicted octanol–water partition coefficient (Wildman–Crippen LogP) is 16.1. The van der Waals surface area contributed by atoms with E-state index in [0.29, 0.717) is 101 Å². The molecule has 0 radical (unpaired) electrons. The number of aliphatic hydroxyl groups excluding tert-OH is 2. The number of thioether (sulfide) groups is 1. The van der Waals surface area contributed by atoms with E-state index < -0.39 is 0 Å². The van der Waals surface area contributed by atoms with Crippen molar-refractivity contribution in [1.29, 1.82) is 0 Å². The van der Waals surface area contributed by atoms with Gasteiger partial charge in [-0.25, -0.2) is 0 Å². The summed E-state index contributed by atoms with van der Waals surface area (Å²) in [5.41, 5.74) is 0. The molecule has 0 aromatic heterocycles. The molecule has 0 saturated heterocycles. The Hall–Kier alpha value is -2.45. The Morgan fingerprint density at radius 1 is 0.494 bits per heavy atom. The zero-order valence-corrected chi connectivity index (χ0v) is 60.9. The van der Waals surface area contributed by atoms with Gasteiger partial charge >= 0.3 is 0 Å². The van der Waals surface area contributed by atoms with E-state index in [4.69, 9.17) is 9.84 Å². The molecule has 12 nitrogen and oxygen atoms in total. The highest BCUT2D eigenvalue weighted by Crippen LogP contribution is 2.45. The van der Waals surface area contributed by atoms with E-state index in [1.165, 1.54) is 0 Å².